The maximum atomic E-state index is 12.7. The molecule has 1 N–H and O–H groups in total. The van der Waals surface area contributed by atoms with Gasteiger partial charge in [0.25, 0.3) is 5.56 Å². The lowest BCUT2D eigenvalue weighted by Crippen LogP contribution is -2.42. The summed E-state index contributed by atoms with van der Waals surface area (Å²) in [6.45, 7) is 1.89. The summed E-state index contributed by atoms with van der Waals surface area (Å²) >= 11 is 0. The SMILES string of the molecule is CN(C)C1CCN(c2cc(-n3[nH]cc(-n4ccnc4)c3=O)ncn2)CC1. The first-order valence-corrected chi connectivity index (χ1v) is 8.66. The predicted octanol–water partition coefficient (Wildman–Crippen LogP) is 0.672. The first-order valence-electron chi connectivity index (χ1n) is 8.66. The maximum absolute atomic E-state index is 12.7. The first-order chi connectivity index (χ1) is 12.6. The summed E-state index contributed by atoms with van der Waals surface area (Å²) in [5.74, 6) is 1.37. The van der Waals surface area contributed by atoms with Crippen molar-refractivity contribution in [2.45, 2.75) is 18.9 Å². The summed E-state index contributed by atoms with van der Waals surface area (Å²) in [5.41, 5.74) is 0.313. The summed E-state index contributed by atoms with van der Waals surface area (Å²) < 4.78 is 3.09. The highest BCUT2D eigenvalue weighted by Crippen LogP contribution is 2.20. The summed E-state index contributed by atoms with van der Waals surface area (Å²) in [6, 6.07) is 2.46. The van der Waals surface area contributed by atoms with Gasteiger partial charge in [0.1, 0.15) is 17.8 Å². The minimum Gasteiger partial charge on any atom is -0.356 e. The Morgan fingerprint density at radius 2 is 1.96 bits per heavy atom. The van der Waals surface area contributed by atoms with Crippen molar-refractivity contribution in [1.29, 1.82) is 0 Å². The third kappa shape index (κ3) is 3.01. The third-order valence-corrected chi connectivity index (χ3v) is 4.92. The van der Waals surface area contributed by atoms with Crippen molar-refractivity contribution in [2.75, 3.05) is 32.1 Å². The number of aromatic nitrogens is 6. The Hall–Kier alpha value is -2.94. The van der Waals surface area contributed by atoms with Crippen LogP contribution >= 0.6 is 0 Å². The van der Waals surface area contributed by atoms with E-state index >= 15 is 0 Å². The van der Waals surface area contributed by atoms with Crippen molar-refractivity contribution in [1.82, 2.24) is 34.2 Å². The fourth-order valence-corrected chi connectivity index (χ4v) is 3.36. The van der Waals surface area contributed by atoms with Crippen LogP contribution in [0.2, 0.25) is 0 Å². The van der Waals surface area contributed by atoms with Gasteiger partial charge < -0.3 is 9.80 Å². The number of aromatic amines is 1. The molecule has 4 heterocycles. The summed E-state index contributed by atoms with van der Waals surface area (Å²) in [4.78, 5) is 29.8. The molecule has 1 aliphatic rings. The van der Waals surface area contributed by atoms with E-state index in [1.807, 2.05) is 6.07 Å². The monoisotopic (exact) mass is 354 g/mol. The van der Waals surface area contributed by atoms with Crippen LogP contribution in [0.5, 0.6) is 0 Å². The van der Waals surface area contributed by atoms with Crippen molar-refractivity contribution < 1.29 is 0 Å². The van der Waals surface area contributed by atoms with Crippen LogP contribution in [0.3, 0.4) is 0 Å². The van der Waals surface area contributed by atoms with Gasteiger partial charge in [-0.05, 0) is 26.9 Å². The zero-order valence-electron chi connectivity index (χ0n) is 14.9. The molecule has 1 saturated heterocycles. The summed E-state index contributed by atoms with van der Waals surface area (Å²) in [6.07, 6.45) is 10.3. The van der Waals surface area contributed by atoms with E-state index in [2.05, 4.69) is 43.9 Å². The zero-order valence-corrected chi connectivity index (χ0v) is 14.9. The van der Waals surface area contributed by atoms with Gasteiger partial charge in [-0.3, -0.25) is 14.5 Å². The van der Waals surface area contributed by atoms with Crippen molar-refractivity contribution in [3.05, 3.63) is 47.7 Å². The normalized spacial score (nSPS) is 15.7. The third-order valence-electron chi connectivity index (χ3n) is 4.92. The molecule has 3 aromatic rings. The highest BCUT2D eigenvalue weighted by Gasteiger charge is 2.22. The Balaban J connectivity index is 1.58. The van der Waals surface area contributed by atoms with Crippen LogP contribution in [-0.2, 0) is 0 Å². The van der Waals surface area contributed by atoms with E-state index in [0.717, 1.165) is 31.7 Å². The molecule has 0 unspecified atom stereocenters. The molecule has 4 rings (SSSR count). The fourth-order valence-electron chi connectivity index (χ4n) is 3.36. The highest BCUT2D eigenvalue weighted by atomic mass is 16.1. The molecule has 136 valence electrons. The molecule has 0 saturated carbocycles. The Bertz CT molecular complexity index is 918. The molecule has 0 spiro atoms. The van der Waals surface area contributed by atoms with E-state index in [-0.39, 0.29) is 5.56 Å². The van der Waals surface area contributed by atoms with E-state index in [0.29, 0.717) is 17.5 Å². The molecule has 0 amide bonds. The van der Waals surface area contributed by atoms with Crippen molar-refractivity contribution in [3.63, 3.8) is 0 Å². The smallest absolute Gasteiger partial charge is 0.296 e. The van der Waals surface area contributed by atoms with E-state index < -0.39 is 0 Å². The second-order valence-corrected chi connectivity index (χ2v) is 6.69. The van der Waals surface area contributed by atoms with Crippen LogP contribution < -0.4 is 10.5 Å². The van der Waals surface area contributed by atoms with E-state index in [1.165, 1.54) is 11.0 Å². The Morgan fingerprint density at radius 3 is 2.65 bits per heavy atom. The van der Waals surface area contributed by atoms with Crippen LogP contribution in [0.25, 0.3) is 11.5 Å². The van der Waals surface area contributed by atoms with Crippen LogP contribution in [-0.4, -0.2) is 67.4 Å². The number of hydrogen-bond donors (Lipinski definition) is 1. The molecule has 0 aromatic carbocycles. The van der Waals surface area contributed by atoms with E-state index in [1.54, 1.807) is 29.5 Å². The molecule has 0 bridgehead atoms. The number of piperidine rings is 1. The molecule has 1 aliphatic heterocycles. The lowest BCUT2D eigenvalue weighted by atomic mass is 10.0. The van der Waals surface area contributed by atoms with Crippen LogP contribution in [0.1, 0.15) is 12.8 Å². The number of H-pyrrole nitrogens is 1. The lowest BCUT2D eigenvalue weighted by molar-refractivity contribution is 0.249. The van der Waals surface area contributed by atoms with Crippen molar-refractivity contribution >= 4 is 5.82 Å². The van der Waals surface area contributed by atoms with Crippen LogP contribution in [0.15, 0.2) is 42.1 Å². The first kappa shape index (κ1) is 16.5. The highest BCUT2D eigenvalue weighted by molar-refractivity contribution is 5.44. The number of hydrogen-bond acceptors (Lipinski definition) is 6. The Labute approximate surface area is 150 Å². The summed E-state index contributed by atoms with van der Waals surface area (Å²) in [5, 5.41) is 2.97. The van der Waals surface area contributed by atoms with Gasteiger partial charge in [-0.1, -0.05) is 0 Å². The van der Waals surface area contributed by atoms with Gasteiger partial charge in [-0.25, -0.2) is 15.0 Å². The average molecular weight is 354 g/mol. The van der Waals surface area contributed by atoms with Crippen LogP contribution in [0.4, 0.5) is 5.82 Å². The molecular formula is C17H22N8O. The van der Waals surface area contributed by atoms with E-state index in [9.17, 15) is 4.79 Å². The standard InChI is InChI=1S/C17H22N8O/c1-22(2)13-3-6-23(7-4-13)15-9-16(20-11-19-15)25-17(26)14(10-21-25)24-8-5-18-12-24/h5,8-13,21H,3-4,6-7H2,1-2H3. The predicted molar refractivity (Wildman–Crippen MR) is 98.0 cm³/mol. The molecule has 3 aromatic heterocycles. The molecule has 0 atom stereocenters. The van der Waals surface area contributed by atoms with Gasteiger partial charge in [-0.15, -0.1) is 0 Å². The second-order valence-electron chi connectivity index (χ2n) is 6.69. The van der Waals surface area contributed by atoms with Gasteiger partial charge >= 0.3 is 0 Å². The molecule has 9 nitrogen and oxygen atoms in total. The minimum absolute atomic E-state index is 0.182. The number of nitrogens with one attached hydrogen (secondary N) is 1. The van der Waals surface area contributed by atoms with Gasteiger partial charge in [0.2, 0.25) is 0 Å². The Morgan fingerprint density at radius 1 is 1.19 bits per heavy atom. The van der Waals surface area contributed by atoms with Gasteiger partial charge in [0, 0.05) is 43.8 Å². The van der Waals surface area contributed by atoms with Crippen molar-refractivity contribution in [3.8, 4) is 11.5 Å². The van der Waals surface area contributed by atoms with Crippen molar-refractivity contribution in [2.24, 2.45) is 0 Å². The van der Waals surface area contributed by atoms with Gasteiger partial charge in [0.05, 0.1) is 6.33 Å². The van der Waals surface area contributed by atoms with Crippen LogP contribution in [0, 0.1) is 0 Å². The Kier molecular flexibility index (Phi) is 4.29. The lowest BCUT2D eigenvalue weighted by Gasteiger charge is -2.35. The number of nitrogens with zero attached hydrogens (tertiary/aromatic N) is 7. The quantitative estimate of drug-likeness (QED) is 0.741. The number of imidazole rings is 1. The summed E-state index contributed by atoms with van der Waals surface area (Å²) in [7, 11) is 4.25. The average Bonchev–Trinajstić information content (AvgIpc) is 3.31. The van der Waals surface area contributed by atoms with E-state index in [4.69, 9.17) is 0 Å². The number of rotatable bonds is 4. The minimum atomic E-state index is -0.182. The molecule has 1 fully saturated rings. The topological polar surface area (TPSA) is 87.9 Å². The molecule has 0 aliphatic carbocycles. The molecule has 26 heavy (non-hydrogen) atoms. The largest absolute Gasteiger partial charge is 0.356 e. The fraction of sp³-hybridized carbons (Fsp3) is 0.412. The molecule has 0 radical (unpaired) electrons. The zero-order chi connectivity index (χ0) is 18.1. The number of anilines is 1. The molecule has 9 heteroatoms. The molecular weight excluding hydrogens is 332 g/mol. The van der Waals surface area contributed by atoms with Gasteiger partial charge in [0.15, 0.2) is 5.82 Å². The maximum Gasteiger partial charge on any atom is 0.296 e. The van der Waals surface area contributed by atoms with Gasteiger partial charge in [-0.2, -0.15) is 4.68 Å². The second kappa shape index (κ2) is 6.75.